The van der Waals surface area contributed by atoms with Crippen LogP contribution in [0.25, 0.3) is 0 Å². The molecule has 4 rings (SSSR count). The van der Waals surface area contributed by atoms with E-state index in [0.717, 1.165) is 51.0 Å². The first kappa shape index (κ1) is 18.2. The van der Waals surface area contributed by atoms with Gasteiger partial charge in [0.05, 0.1) is 13.2 Å². The summed E-state index contributed by atoms with van der Waals surface area (Å²) in [4.78, 5) is 30.4. The summed E-state index contributed by atoms with van der Waals surface area (Å²) in [6.45, 7) is 6.10. The number of hydrogen-bond acceptors (Lipinski definition) is 7. The van der Waals surface area contributed by atoms with Crippen LogP contribution in [-0.2, 0) is 14.3 Å². The number of ether oxygens (including phenoxy) is 1. The van der Waals surface area contributed by atoms with Crippen LogP contribution in [0.2, 0.25) is 0 Å². The molecule has 0 aromatic carbocycles. The molecule has 3 aliphatic rings. The van der Waals surface area contributed by atoms with E-state index in [0.29, 0.717) is 44.6 Å². The summed E-state index contributed by atoms with van der Waals surface area (Å²) in [7, 11) is 0. The van der Waals surface area contributed by atoms with Gasteiger partial charge in [0.1, 0.15) is 5.78 Å². The molecule has 1 aromatic rings. The molecule has 0 radical (unpaired) electrons. The van der Waals surface area contributed by atoms with Gasteiger partial charge in [-0.3, -0.25) is 9.59 Å². The molecule has 2 aliphatic heterocycles. The molecule has 146 valence electrons. The zero-order valence-electron chi connectivity index (χ0n) is 15.7. The van der Waals surface area contributed by atoms with E-state index < -0.39 is 0 Å². The summed E-state index contributed by atoms with van der Waals surface area (Å²) in [5, 5.41) is 8.78. The maximum absolute atomic E-state index is 12.7. The van der Waals surface area contributed by atoms with Gasteiger partial charge in [-0.2, -0.15) is 0 Å². The molecule has 0 atom stereocenters. The van der Waals surface area contributed by atoms with E-state index in [9.17, 15) is 9.59 Å². The van der Waals surface area contributed by atoms with Gasteiger partial charge in [0.2, 0.25) is 5.91 Å². The molecule has 3 heterocycles. The summed E-state index contributed by atoms with van der Waals surface area (Å²) >= 11 is 0. The standard InChI is InChI=1S/C19H27N5O3/c25-16-3-1-15(2-4-16)19(26)24-9-7-22(8-10-24)17-5-6-18(21-20-17)23-11-13-27-14-12-23/h5-6,15H,1-4,7-14H2. The molecule has 0 N–H and O–H groups in total. The first-order valence-electron chi connectivity index (χ1n) is 9.92. The maximum Gasteiger partial charge on any atom is 0.225 e. The van der Waals surface area contributed by atoms with Crippen molar-refractivity contribution in [2.75, 3.05) is 62.3 Å². The van der Waals surface area contributed by atoms with Crippen LogP contribution in [0.1, 0.15) is 25.7 Å². The molecular formula is C19H27N5O3. The van der Waals surface area contributed by atoms with Crippen molar-refractivity contribution < 1.29 is 14.3 Å². The Hall–Kier alpha value is -2.22. The highest BCUT2D eigenvalue weighted by atomic mass is 16.5. The summed E-state index contributed by atoms with van der Waals surface area (Å²) < 4.78 is 5.37. The normalized spacial score (nSPS) is 22.2. The van der Waals surface area contributed by atoms with Crippen molar-refractivity contribution in [2.45, 2.75) is 25.7 Å². The lowest BCUT2D eigenvalue weighted by Gasteiger charge is -2.37. The predicted octanol–water partition coefficient (Wildman–Crippen LogP) is 0.721. The SMILES string of the molecule is O=C1CCC(C(=O)N2CCN(c3ccc(N4CCOCC4)nn3)CC2)CC1. The van der Waals surface area contributed by atoms with E-state index in [1.54, 1.807) is 0 Å². The number of Topliss-reactive ketones (excluding diaryl/α,β-unsaturated/α-hetero) is 1. The predicted molar refractivity (Wildman–Crippen MR) is 101 cm³/mol. The molecule has 8 nitrogen and oxygen atoms in total. The second kappa shape index (κ2) is 8.21. The van der Waals surface area contributed by atoms with Crippen molar-refractivity contribution in [1.29, 1.82) is 0 Å². The Kier molecular flexibility index (Phi) is 5.52. The molecule has 1 aromatic heterocycles. The van der Waals surface area contributed by atoms with E-state index in [-0.39, 0.29) is 11.8 Å². The van der Waals surface area contributed by atoms with Gasteiger partial charge in [-0.1, -0.05) is 0 Å². The van der Waals surface area contributed by atoms with E-state index >= 15 is 0 Å². The Labute approximate surface area is 159 Å². The van der Waals surface area contributed by atoms with Gasteiger partial charge in [-0.05, 0) is 25.0 Å². The minimum Gasteiger partial charge on any atom is -0.378 e. The molecule has 0 unspecified atom stereocenters. The fraction of sp³-hybridized carbons (Fsp3) is 0.684. The molecule has 27 heavy (non-hydrogen) atoms. The van der Waals surface area contributed by atoms with Crippen molar-refractivity contribution in [3.63, 3.8) is 0 Å². The Morgan fingerprint density at radius 1 is 0.889 bits per heavy atom. The molecule has 1 aliphatic carbocycles. The van der Waals surface area contributed by atoms with Crippen molar-refractivity contribution in [2.24, 2.45) is 5.92 Å². The van der Waals surface area contributed by atoms with Gasteiger partial charge in [0.25, 0.3) is 0 Å². The summed E-state index contributed by atoms with van der Waals surface area (Å²) in [6.07, 6.45) is 2.54. The van der Waals surface area contributed by atoms with Crippen LogP contribution < -0.4 is 9.80 Å². The fourth-order valence-corrected chi connectivity index (χ4v) is 4.05. The maximum atomic E-state index is 12.7. The van der Waals surface area contributed by atoms with Crippen LogP contribution in [0.15, 0.2) is 12.1 Å². The van der Waals surface area contributed by atoms with Gasteiger partial charge in [0, 0.05) is 58.0 Å². The highest BCUT2D eigenvalue weighted by molar-refractivity contribution is 5.84. The van der Waals surface area contributed by atoms with Crippen molar-refractivity contribution in [3.05, 3.63) is 12.1 Å². The zero-order valence-corrected chi connectivity index (χ0v) is 15.7. The molecule has 1 amide bonds. The third-order valence-corrected chi connectivity index (χ3v) is 5.78. The third kappa shape index (κ3) is 4.21. The second-order valence-electron chi connectivity index (χ2n) is 7.47. The number of morpholine rings is 1. The van der Waals surface area contributed by atoms with E-state index in [1.807, 2.05) is 17.0 Å². The number of ketones is 1. The van der Waals surface area contributed by atoms with E-state index in [2.05, 4.69) is 20.0 Å². The van der Waals surface area contributed by atoms with Crippen LogP contribution in [0, 0.1) is 5.92 Å². The summed E-state index contributed by atoms with van der Waals surface area (Å²) in [6, 6.07) is 4.03. The fourth-order valence-electron chi connectivity index (χ4n) is 4.05. The topological polar surface area (TPSA) is 78.9 Å². The number of carbonyl (C=O) groups is 2. The number of nitrogens with zero attached hydrogens (tertiary/aromatic N) is 5. The molecule has 3 fully saturated rings. The Morgan fingerprint density at radius 3 is 2.00 bits per heavy atom. The lowest BCUT2D eigenvalue weighted by Crippen LogP contribution is -2.51. The molecule has 2 saturated heterocycles. The highest BCUT2D eigenvalue weighted by Crippen LogP contribution is 2.25. The highest BCUT2D eigenvalue weighted by Gasteiger charge is 2.30. The van der Waals surface area contributed by atoms with Gasteiger partial charge in [-0.15, -0.1) is 10.2 Å². The smallest absolute Gasteiger partial charge is 0.225 e. The lowest BCUT2D eigenvalue weighted by atomic mass is 9.87. The Bertz CT molecular complexity index is 656. The van der Waals surface area contributed by atoms with Crippen molar-refractivity contribution in [3.8, 4) is 0 Å². The molecule has 8 heteroatoms. The van der Waals surface area contributed by atoms with Crippen molar-refractivity contribution >= 4 is 23.3 Å². The molecule has 1 saturated carbocycles. The van der Waals surface area contributed by atoms with E-state index in [1.165, 1.54) is 0 Å². The van der Waals surface area contributed by atoms with Crippen LogP contribution in [0.3, 0.4) is 0 Å². The molecule has 0 spiro atoms. The minimum atomic E-state index is 0.0295. The average Bonchev–Trinajstić information content (AvgIpc) is 2.75. The summed E-state index contributed by atoms with van der Waals surface area (Å²) in [5.74, 6) is 2.30. The minimum absolute atomic E-state index is 0.0295. The first-order valence-corrected chi connectivity index (χ1v) is 9.92. The molecule has 0 bridgehead atoms. The van der Waals surface area contributed by atoms with Gasteiger partial charge in [-0.25, -0.2) is 0 Å². The second-order valence-corrected chi connectivity index (χ2v) is 7.47. The van der Waals surface area contributed by atoms with E-state index in [4.69, 9.17) is 4.74 Å². The number of rotatable bonds is 3. The zero-order chi connectivity index (χ0) is 18.6. The quantitative estimate of drug-likeness (QED) is 0.772. The van der Waals surface area contributed by atoms with Crippen molar-refractivity contribution in [1.82, 2.24) is 15.1 Å². The third-order valence-electron chi connectivity index (χ3n) is 5.78. The number of carbonyl (C=O) groups excluding carboxylic acids is 2. The van der Waals surface area contributed by atoms with Gasteiger partial charge in [0.15, 0.2) is 11.6 Å². The lowest BCUT2D eigenvalue weighted by molar-refractivity contribution is -0.137. The van der Waals surface area contributed by atoms with Crippen LogP contribution in [-0.4, -0.2) is 79.3 Å². The number of hydrogen-bond donors (Lipinski definition) is 0. The first-order chi connectivity index (χ1) is 13.2. The molecular weight excluding hydrogens is 346 g/mol. The Morgan fingerprint density at radius 2 is 1.44 bits per heavy atom. The number of aromatic nitrogens is 2. The van der Waals surface area contributed by atoms with Crippen LogP contribution >= 0.6 is 0 Å². The Balaban J connectivity index is 1.29. The summed E-state index contributed by atoms with van der Waals surface area (Å²) in [5.41, 5.74) is 0. The van der Waals surface area contributed by atoms with Crippen LogP contribution in [0.4, 0.5) is 11.6 Å². The average molecular weight is 373 g/mol. The largest absolute Gasteiger partial charge is 0.378 e. The monoisotopic (exact) mass is 373 g/mol. The number of piperazine rings is 1. The number of amides is 1. The number of anilines is 2. The van der Waals surface area contributed by atoms with Gasteiger partial charge < -0.3 is 19.4 Å². The van der Waals surface area contributed by atoms with Gasteiger partial charge >= 0.3 is 0 Å². The van der Waals surface area contributed by atoms with Crippen LogP contribution in [0.5, 0.6) is 0 Å².